The fraction of sp³-hybridized carbons (Fsp3) is 0.412. The number of furan rings is 1. The summed E-state index contributed by atoms with van der Waals surface area (Å²) in [7, 11) is 0. The maximum Gasteiger partial charge on any atom is 0.122 e. The summed E-state index contributed by atoms with van der Waals surface area (Å²) in [6, 6.07) is 12.8. The lowest BCUT2D eigenvalue weighted by molar-refractivity contribution is 0.321. The molecule has 0 bridgehead atoms. The maximum atomic E-state index is 5.71. The van der Waals surface area contributed by atoms with E-state index in [1.807, 2.05) is 18.2 Å². The van der Waals surface area contributed by atoms with Crippen LogP contribution in [0.2, 0.25) is 0 Å². The van der Waals surface area contributed by atoms with Crippen LogP contribution in [0.5, 0.6) is 5.75 Å². The van der Waals surface area contributed by atoms with Crippen molar-refractivity contribution in [3.05, 3.63) is 54.0 Å². The zero-order valence-corrected chi connectivity index (χ0v) is 11.8. The number of benzene rings is 1. The number of aryl methyl sites for hydroxylation is 1. The number of nitrogens with one attached hydrogen (secondary N) is 1. The van der Waals surface area contributed by atoms with Crippen molar-refractivity contribution >= 4 is 0 Å². The summed E-state index contributed by atoms with van der Waals surface area (Å²) in [4.78, 5) is 0. The number of hydrogen-bond acceptors (Lipinski definition) is 3. The summed E-state index contributed by atoms with van der Waals surface area (Å²) in [5.41, 5.74) is 1.33. The Hall–Kier alpha value is -1.74. The fourth-order valence-corrected chi connectivity index (χ4v) is 2.66. The molecule has 0 aliphatic carbocycles. The Kier molecular flexibility index (Phi) is 4.07. The lowest BCUT2D eigenvalue weighted by atomic mass is 10.0. The average Bonchev–Trinajstić information content (AvgIpc) is 3.12. The number of ether oxygens (including phenoxy) is 1. The van der Waals surface area contributed by atoms with Gasteiger partial charge in [-0.1, -0.05) is 18.2 Å². The van der Waals surface area contributed by atoms with Gasteiger partial charge in [-0.2, -0.15) is 0 Å². The molecule has 0 spiro atoms. The van der Waals surface area contributed by atoms with Gasteiger partial charge in [-0.15, -0.1) is 0 Å². The van der Waals surface area contributed by atoms with E-state index in [-0.39, 0.29) is 0 Å². The highest BCUT2D eigenvalue weighted by atomic mass is 16.5. The molecule has 1 N–H and O–H groups in total. The normalized spacial score (nSPS) is 18.6. The van der Waals surface area contributed by atoms with Crippen LogP contribution in [0, 0.1) is 0 Å². The van der Waals surface area contributed by atoms with Crippen molar-refractivity contribution in [3.8, 4) is 5.75 Å². The monoisotopic (exact) mass is 271 g/mol. The van der Waals surface area contributed by atoms with E-state index in [0.717, 1.165) is 37.5 Å². The molecule has 106 valence electrons. The average molecular weight is 271 g/mol. The summed E-state index contributed by atoms with van der Waals surface area (Å²) >= 11 is 0. The van der Waals surface area contributed by atoms with Crippen LogP contribution in [-0.2, 0) is 6.42 Å². The van der Waals surface area contributed by atoms with Gasteiger partial charge in [-0.05, 0) is 31.5 Å². The quantitative estimate of drug-likeness (QED) is 0.874. The Bertz CT molecular complexity index is 536. The van der Waals surface area contributed by atoms with Crippen LogP contribution >= 0.6 is 0 Å². The van der Waals surface area contributed by atoms with Gasteiger partial charge in [0.05, 0.1) is 12.9 Å². The molecular weight excluding hydrogens is 250 g/mol. The lowest BCUT2D eigenvalue weighted by Gasteiger charge is -2.16. The Morgan fingerprint density at radius 1 is 1.25 bits per heavy atom. The molecule has 2 heterocycles. The van der Waals surface area contributed by atoms with Crippen LogP contribution in [0.25, 0.3) is 0 Å². The number of rotatable bonds is 6. The van der Waals surface area contributed by atoms with Crippen LogP contribution in [0.4, 0.5) is 0 Å². The number of hydrogen-bond donors (Lipinski definition) is 1. The van der Waals surface area contributed by atoms with Crippen LogP contribution in [0.1, 0.15) is 30.6 Å². The molecule has 1 aliphatic heterocycles. The third-order valence-electron chi connectivity index (χ3n) is 3.92. The van der Waals surface area contributed by atoms with E-state index >= 15 is 0 Å². The highest BCUT2D eigenvalue weighted by molar-refractivity contribution is 5.39. The van der Waals surface area contributed by atoms with E-state index in [2.05, 4.69) is 30.4 Å². The Morgan fingerprint density at radius 3 is 3.00 bits per heavy atom. The van der Waals surface area contributed by atoms with Gasteiger partial charge in [0.1, 0.15) is 11.5 Å². The fourth-order valence-electron chi connectivity index (χ4n) is 2.66. The molecule has 20 heavy (non-hydrogen) atoms. The van der Waals surface area contributed by atoms with Gasteiger partial charge in [0.2, 0.25) is 0 Å². The highest BCUT2D eigenvalue weighted by Gasteiger charge is 2.23. The Morgan fingerprint density at radius 2 is 2.15 bits per heavy atom. The molecule has 3 rings (SSSR count). The molecule has 1 aromatic heterocycles. The SMILES string of the molecule is CC(CCc1ccco1)NCC1COc2ccccc21. The minimum atomic E-state index is 0.470. The van der Waals surface area contributed by atoms with Crippen molar-refractivity contribution in [1.29, 1.82) is 0 Å². The van der Waals surface area contributed by atoms with Gasteiger partial charge in [0, 0.05) is 30.5 Å². The molecule has 3 heteroatoms. The minimum Gasteiger partial charge on any atom is -0.493 e. The van der Waals surface area contributed by atoms with Gasteiger partial charge in [0.15, 0.2) is 0 Å². The molecule has 2 atom stereocenters. The molecule has 1 aromatic carbocycles. The summed E-state index contributed by atoms with van der Waals surface area (Å²) in [6.45, 7) is 3.98. The molecule has 0 amide bonds. The van der Waals surface area contributed by atoms with E-state index in [1.165, 1.54) is 5.56 Å². The molecule has 2 aromatic rings. The van der Waals surface area contributed by atoms with Gasteiger partial charge in [-0.3, -0.25) is 0 Å². The topological polar surface area (TPSA) is 34.4 Å². The van der Waals surface area contributed by atoms with Crippen molar-refractivity contribution in [1.82, 2.24) is 5.32 Å². The van der Waals surface area contributed by atoms with E-state index in [1.54, 1.807) is 6.26 Å². The molecule has 2 unspecified atom stereocenters. The smallest absolute Gasteiger partial charge is 0.122 e. The number of para-hydroxylation sites is 1. The molecule has 1 aliphatic rings. The van der Waals surface area contributed by atoms with Crippen molar-refractivity contribution in [2.45, 2.75) is 31.7 Å². The van der Waals surface area contributed by atoms with Crippen LogP contribution in [0.15, 0.2) is 47.1 Å². The third-order valence-corrected chi connectivity index (χ3v) is 3.92. The third kappa shape index (κ3) is 3.05. The summed E-state index contributed by atoms with van der Waals surface area (Å²) < 4.78 is 11.1. The zero-order valence-electron chi connectivity index (χ0n) is 11.8. The molecule has 0 fully saturated rings. The second-order valence-electron chi connectivity index (χ2n) is 5.47. The summed E-state index contributed by atoms with van der Waals surface area (Å²) in [5, 5.41) is 3.61. The predicted octanol–water partition coefficient (Wildman–Crippen LogP) is 3.37. The van der Waals surface area contributed by atoms with Crippen molar-refractivity contribution < 1.29 is 9.15 Å². The van der Waals surface area contributed by atoms with Crippen LogP contribution in [0.3, 0.4) is 0 Å². The zero-order chi connectivity index (χ0) is 13.8. The standard InChI is InChI=1S/C17H21NO2/c1-13(8-9-15-5-4-10-19-15)18-11-14-12-20-17-7-3-2-6-16(14)17/h2-7,10,13-14,18H,8-9,11-12H2,1H3. The molecule has 0 saturated carbocycles. The van der Waals surface area contributed by atoms with E-state index in [9.17, 15) is 0 Å². The minimum absolute atomic E-state index is 0.470. The van der Waals surface area contributed by atoms with E-state index in [0.29, 0.717) is 12.0 Å². The van der Waals surface area contributed by atoms with Gasteiger partial charge < -0.3 is 14.5 Å². The molecular formula is C17H21NO2. The highest BCUT2D eigenvalue weighted by Crippen LogP contribution is 2.32. The van der Waals surface area contributed by atoms with E-state index < -0.39 is 0 Å². The maximum absolute atomic E-state index is 5.71. The summed E-state index contributed by atoms with van der Waals surface area (Å²) in [5.74, 6) is 2.58. The summed E-state index contributed by atoms with van der Waals surface area (Å²) in [6.07, 6.45) is 3.81. The van der Waals surface area contributed by atoms with Gasteiger partial charge in [-0.25, -0.2) is 0 Å². The first-order valence-electron chi connectivity index (χ1n) is 7.30. The predicted molar refractivity (Wildman–Crippen MR) is 79.2 cm³/mol. The second-order valence-corrected chi connectivity index (χ2v) is 5.47. The Balaban J connectivity index is 1.45. The van der Waals surface area contributed by atoms with Crippen molar-refractivity contribution in [2.75, 3.05) is 13.2 Å². The van der Waals surface area contributed by atoms with Crippen LogP contribution < -0.4 is 10.1 Å². The molecule has 0 radical (unpaired) electrons. The molecule has 3 nitrogen and oxygen atoms in total. The number of fused-ring (bicyclic) bond motifs is 1. The Labute approximate surface area is 119 Å². The first-order chi connectivity index (χ1) is 9.83. The second kappa shape index (κ2) is 6.14. The van der Waals surface area contributed by atoms with Crippen molar-refractivity contribution in [3.63, 3.8) is 0 Å². The van der Waals surface area contributed by atoms with Crippen LogP contribution in [-0.4, -0.2) is 19.2 Å². The lowest BCUT2D eigenvalue weighted by Crippen LogP contribution is -2.31. The first-order valence-corrected chi connectivity index (χ1v) is 7.30. The molecule has 0 saturated heterocycles. The first kappa shape index (κ1) is 13.3. The van der Waals surface area contributed by atoms with Gasteiger partial charge in [0.25, 0.3) is 0 Å². The largest absolute Gasteiger partial charge is 0.493 e. The van der Waals surface area contributed by atoms with E-state index in [4.69, 9.17) is 9.15 Å². The van der Waals surface area contributed by atoms with Crippen molar-refractivity contribution in [2.24, 2.45) is 0 Å². The van der Waals surface area contributed by atoms with Gasteiger partial charge >= 0.3 is 0 Å².